The molecule has 1 aliphatic rings. The normalized spacial score (nSPS) is 12.0. The zero-order chi connectivity index (χ0) is 14.7. The van der Waals surface area contributed by atoms with Gasteiger partial charge >= 0.3 is 6.03 Å². The number of hydrogen-bond acceptors (Lipinski definition) is 3. The van der Waals surface area contributed by atoms with Gasteiger partial charge < -0.3 is 19.7 Å². The number of hydrogen-bond donors (Lipinski definition) is 1. The maximum atomic E-state index is 12.1. The number of fused-ring (bicyclic) bond motifs is 1. The number of rotatable bonds is 3. The zero-order valence-electron chi connectivity index (χ0n) is 11.7. The second-order valence-electron chi connectivity index (χ2n) is 4.84. The first kappa shape index (κ1) is 13.3. The molecule has 1 N–H and O–H groups in total. The third-order valence-corrected chi connectivity index (χ3v) is 3.23. The molecule has 1 heterocycles. The van der Waals surface area contributed by atoms with E-state index in [0.717, 1.165) is 22.7 Å². The van der Waals surface area contributed by atoms with E-state index in [9.17, 15) is 4.79 Å². The number of anilines is 1. The van der Waals surface area contributed by atoms with Crippen molar-refractivity contribution in [1.82, 2.24) is 4.90 Å². The highest BCUT2D eigenvalue weighted by atomic mass is 16.7. The summed E-state index contributed by atoms with van der Waals surface area (Å²) in [5.41, 5.74) is 1.77. The predicted octanol–water partition coefficient (Wildman–Crippen LogP) is 3.08. The summed E-state index contributed by atoms with van der Waals surface area (Å²) in [7, 11) is 1.75. The minimum atomic E-state index is -0.154. The van der Waals surface area contributed by atoms with Crippen molar-refractivity contribution in [3.63, 3.8) is 0 Å². The Morgan fingerprint density at radius 2 is 1.90 bits per heavy atom. The second-order valence-corrected chi connectivity index (χ2v) is 4.84. The number of amides is 2. The molecular formula is C16H16N2O3. The average molecular weight is 284 g/mol. The van der Waals surface area contributed by atoms with Gasteiger partial charge in [-0.2, -0.15) is 0 Å². The van der Waals surface area contributed by atoms with Crippen molar-refractivity contribution in [2.24, 2.45) is 0 Å². The van der Waals surface area contributed by atoms with Crippen LogP contribution in [0.4, 0.5) is 10.5 Å². The van der Waals surface area contributed by atoms with Gasteiger partial charge in [0, 0.05) is 19.3 Å². The lowest BCUT2D eigenvalue weighted by molar-refractivity contribution is 0.174. The number of urea groups is 1. The summed E-state index contributed by atoms with van der Waals surface area (Å²) < 4.78 is 10.6. The predicted molar refractivity (Wildman–Crippen MR) is 79.5 cm³/mol. The van der Waals surface area contributed by atoms with Crippen molar-refractivity contribution >= 4 is 11.7 Å². The van der Waals surface area contributed by atoms with Crippen LogP contribution in [-0.2, 0) is 6.54 Å². The van der Waals surface area contributed by atoms with Crippen LogP contribution in [0.5, 0.6) is 11.5 Å². The number of nitrogens with zero attached hydrogens (tertiary/aromatic N) is 1. The summed E-state index contributed by atoms with van der Waals surface area (Å²) in [6, 6.07) is 14.9. The third-order valence-electron chi connectivity index (χ3n) is 3.23. The summed E-state index contributed by atoms with van der Waals surface area (Å²) in [5, 5.41) is 2.85. The van der Waals surface area contributed by atoms with E-state index in [0.29, 0.717) is 6.54 Å². The van der Waals surface area contributed by atoms with E-state index in [1.807, 2.05) is 48.5 Å². The molecule has 5 heteroatoms. The Morgan fingerprint density at radius 1 is 1.14 bits per heavy atom. The van der Waals surface area contributed by atoms with Gasteiger partial charge in [0.25, 0.3) is 0 Å². The van der Waals surface area contributed by atoms with Crippen LogP contribution < -0.4 is 14.8 Å². The van der Waals surface area contributed by atoms with Gasteiger partial charge in [-0.1, -0.05) is 24.3 Å². The topological polar surface area (TPSA) is 50.8 Å². The number of benzene rings is 2. The largest absolute Gasteiger partial charge is 0.454 e. The van der Waals surface area contributed by atoms with Crippen LogP contribution >= 0.6 is 0 Å². The van der Waals surface area contributed by atoms with Gasteiger partial charge in [0.05, 0.1) is 0 Å². The van der Waals surface area contributed by atoms with E-state index < -0.39 is 0 Å². The molecule has 0 fully saturated rings. The molecular weight excluding hydrogens is 268 g/mol. The fraction of sp³-hybridized carbons (Fsp3) is 0.188. The molecule has 3 rings (SSSR count). The van der Waals surface area contributed by atoms with E-state index in [4.69, 9.17) is 9.47 Å². The molecule has 1 aliphatic heterocycles. The molecule has 0 aliphatic carbocycles. The Morgan fingerprint density at radius 3 is 2.71 bits per heavy atom. The molecule has 0 spiro atoms. The van der Waals surface area contributed by atoms with Crippen molar-refractivity contribution in [2.75, 3.05) is 19.2 Å². The fourth-order valence-corrected chi connectivity index (χ4v) is 2.13. The van der Waals surface area contributed by atoms with Crippen LogP contribution in [0.15, 0.2) is 48.5 Å². The molecule has 2 amide bonds. The van der Waals surface area contributed by atoms with Gasteiger partial charge in [0.1, 0.15) is 0 Å². The molecule has 0 bridgehead atoms. The van der Waals surface area contributed by atoms with E-state index in [1.165, 1.54) is 0 Å². The fourth-order valence-electron chi connectivity index (χ4n) is 2.13. The van der Waals surface area contributed by atoms with Crippen molar-refractivity contribution in [3.05, 3.63) is 54.1 Å². The van der Waals surface area contributed by atoms with Crippen molar-refractivity contribution < 1.29 is 14.3 Å². The summed E-state index contributed by atoms with van der Waals surface area (Å²) in [5.74, 6) is 1.47. The second kappa shape index (κ2) is 5.75. The van der Waals surface area contributed by atoms with Crippen molar-refractivity contribution in [1.29, 1.82) is 0 Å². The lowest BCUT2D eigenvalue weighted by Crippen LogP contribution is -2.30. The van der Waals surface area contributed by atoms with Crippen molar-refractivity contribution in [3.8, 4) is 11.5 Å². The maximum Gasteiger partial charge on any atom is 0.321 e. The minimum Gasteiger partial charge on any atom is -0.454 e. The first-order valence-corrected chi connectivity index (χ1v) is 6.68. The van der Waals surface area contributed by atoms with E-state index >= 15 is 0 Å². The van der Waals surface area contributed by atoms with E-state index in [2.05, 4.69) is 5.32 Å². The molecule has 0 aromatic heterocycles. The highest BCUT2D eigenvalue weighted by Gasteiger charge is 2.15. The molecule has 2 aromatic carbocycles. The number of para-hydroxylation sites is 1. The summed E-state index contributed by atoms with van der Waals surface area (Å²) in [6.45, 7) is 0.748. The number of carbonyl (C=O) groups is 1. The standard InChI is InChI=1S/C16H16N2O3/c1-18(16(19)17-13-5-3-2-4-6-13)10-12-7-8-14-15(9-12)21-11-20-14/h2-9H,10-11H2,1H3,(H,17,19). The smallest absolute Gasteiger partial charge is 0.321 e. The monoisotopic (exact) mass is 284 g/mol. The van der Waals surface area contributed by atoms with Crippen LogP contribution in [0.2, 0.25) is 0 Å². The van der Waals surface area contributed by atoms with E-state index in [-0.39, 0.29) is 12.8 Å². The Bertz CT molecular complexity index is 643. The molecule has 0 saturated carbocycles. The zero-order valence-corrected chi connectivity index (χ0v) is 11.7. The van der Waals surface area contributed by atoms with Crippen LogP contribution in [-0.4, -0.2) is 24.8 Å². The van der Waals surface area contributed by atoms with Crippen LogP contribution in [0.1, 0.15) is 5.56 Å². The maximum absolute atomic E-state index is 12.1. The lowest BCUT2D eigenvalue weighted by atomic mass is 10.2. The SMILES string of the molecule is CN(Cc1ccc2c(c1)OCO2)C(=O)Nc1ccccc1. The molecule has 0 atom stereocenters. The Balaban J connectivity index is 1.63. The van der Waals surface area contributed by atoms with Gasteiger partial charge in [-0.3, -0.25) is 0 Å². The summed E-state index contributed by atoms with van der Waals surface area (Å²) >= 11 is 0. The van der Waals surface area contributed by atoms with Crippen molar-refractivity contribution in [2.45, 2.75) is 6.54 Å². The quantitative estimate of drug-likeness (QED) is 0.942. The van der Waals surface area contributed by atoms with Gasteiger partial charge in [-0.05, 0) is 29.8 Å². The lowest BCUT2D eigenvalue weighted by Gasteiger charge is -2.18. The molecule has 5 nitrogen and oxygen atoms in total. The highest BCUT2D eigenvalue weighted by Crippen LogP contribution is 2.32. The van der Waals surface area contributed by atoms with Gasteiger partial charge in [-0.15, -0.1) is 0 Å². The molecule has 0 saturated heterocycles. The molecule has 0 radical (unpaired) electrons. The van der Waals surface area contributed by atoms with Crippen LogP contribution in [0.25, 0.3) is 0 Å². The number of ether oxygens (including phenoxy) is 2. The van der Waals surface area contributed by atoms with Gasteiger partial charge in [0.15, 0.2) is 11.5 Å². The summed E-state index contributed by atoms with van der Waals surface area (Å²) in [4.78, 5) is 13.7. The van der Waals surface area contributed by atoms with E-state index in [1.54, 1.807) is 11.9 Å². The molecule has 108 valence electrons. The van der Waals surface area contributed by atoms with Gasteiger partial charge in [0.2, 0.25) is 6.79 Å². The number of nitrogens with one attached hydrogen (secondary N) is 1. The molecule has 0 unspecified atom stereocenters. The summed E-state index contributed by atoms with van der Waals surface area (Å²) in [6.07, 6.45) is 0. The Hall–Kier alpha value is -2.69. The number of carbonyl (C=O) groups excluding carboxylic acids is 1. The average Bonchev–Trinajstić information content (AvgIpc) is 2.95. The van der Waals surface area contributed by atoms with Crippen LogP contribution in [0.3, 0.4) is 0 Å². The van der Waals surface area contributed by atoms with Crippen LogP contribution in [0, 0.1) is 0 Å². The minimum absolute atomic E-state index is 0.154. The highest BCUT2D eigenvalue weighted by molar-refractivity contribution is 5.89. The Labute approximate surface area is 123 Å². The third kappa shape index (κ3) is 3.08. The molecule has 2 aromatic rings. The first-order chi connectivity index (χ1) is 10.2. The molecule has 21 heavy (non-hydrogen) atoms. The Kier molecular flexibility index (Phi) is 3.64. The van der Waals surface area contributed by atoms with Gasteiger partial charge in [-0.25, -0.2) is 4.79 Å². The first-order valence-electron chi connectivity index (χ1n) is 6.68.